The lowest BCUT2D eigenvalue weighted by Crippen LogP contribution is -2.50. The van der Waals surface area contributed by atoms with Crippen LogP contribution in [0, 0.1) is 30.6 Å². The number of phenolic OH excluding ortho intramolecular Hbond substituents is 3. The van der Waals surface area contributed by atoms with Crippen molar-refractivity contribution in [2.45, 2.75) is 13.8 Å². The summed E-state index contributed by atoms with van der Waals surface area (Å²) in [6, 6.07) is 2.50. The van der Waals surface area contributed by atoms with Crippen LogP contribution in [0.5, 0.6) is 17.2 Å². The van der Waals surface area contributed by atoms with Crippen molar-refractivity contribution in [1.29, 1.82) is 0 Å². The standard InChI is InChI=1S/C30H20O8/c1-7-3-9(31)19-23-15(7)16-8(2)4-10(32)20-24(16)28-26-18(12(34)6-14(36)22(26)30(20)38)17-11(33)5-13(35)21(29(19)37)25(17)27(23)28/h3-6,19,21,23,25,31-36H,1-2H3. The number of Topliss-reactive ketones (excluding diaryl/α,β-unsaturated/α-hetero) is 1. The van der Waals surface area contributed by atoms with Crippen molar-refractivity contribution in [2.24, 2.45) is 23.7 Å². The zero-order valence-corrected chi connectivity index (χ0v) is 20.1. The highest BCUT2D eigenvalue weighted by molar-refractivity contribution is 6.26. The fraction of sp³-hybridized carbons (Fsp3) is 0.200. The first-order chi connectivity index (χ1) is 18.0. The first kappa shape index (κ1) is 21.4. The Balaban J connectivity index is 1.69. The molecule has 0 bridgehead atoms. The molecular weight excluding hydrogens is 488 g/mol. The molecule has 0 aromatic heterocycles. The van der Waals surface area contributed by atoms with Crippen LogP contribution in [0.3, 0.4) is 0 Å². The van der Waals surface area contributed by atoms with E-state index in [9.17, 15) is 40.2 Å². The van der Waals surface area contributed by atoms with Gasteiger partial charge < -0.3 is 30.6 Å². The molecule has 0 amide bonds. The largest absolute Gasteiger partial charge is 0.512 e. The van der Waals surface area contributed by atoms with Crippen LogP contribution >= 0.6 is 0 Å². The second-order valence-electron chi connectivity index (χ2n) is 10.9. The van der Waals surface area contributed by atoms with Crippen LogP contribution in [0.15, 0.2) is 52.7 Å². The smallest absolute Gasteiger partial charge is 0.201 e. The van der Waals surface area contributed by atoms with E-state index >= 15 is 0 Å². The lowest BCUT2D eigenvalue weighted by molar-refractivity contribution is -0.129. The van der Waals surface area contributed by atoms with E-state index in [0.29, 0.717) is 33.4 Å². The van der Waals surface area contributed by atoms with Gasteiger partial charge in [-0.05, 0) is 59.4 Å². The van der Waals surface area contributed by atoms with Gasteiger partial charge in [0.15, 0.2) is 5.78 Å². The van der Waals surface area contributed by atoms with Gasteiger partial charge in [-0.25, -0.2) is 0 Å². The first-order valence-corrected chi connectivity index (χ1v) is 12.3. The summed E-state index contributed by atoms with van der Waals surface area (Å²) in [5, 5.41) is 66.2. The molecule has 1 saturated carbocycles. The van der Waals surface area contributed by atoms with Crippen LogP contribution in [0.2, 0.25) is 0 Å². The highest BCUT2D eigenvalue weighted by Crippen LogP contribution is 2.68. The summed E-state index contributed by atoms with van der Waals surface area (Å²) in [7, 11) is 0. The summed E-state index contributed by atoms with van der Waals surface area (Å²) >= 11 is 0. The SMILES string of the molecule is CC1=C2c3c(C)cc(O)c4c3C3=C5C2C(C(=O)C2C(O)=CC(O)=C(c6c(O)cc(O)c(c63)C4=O)C52)C(O)=C1. The number of carbonyl (C=O) groups is 2. The first-order valence-electron chi connectivity index (χ1n) is 12.3. The molecule has 6 N–H and O–H groups in total. The Bertz CT molecular complexity index is 1720. The number of aryl methyl sites for hydroxylation is 1. The molecule has 0 spiro atoms. The van der Waals surface area contributed by atoms with Gasteiger partial charge in [-0.2, -0.15) is 0 Å². The van der Waals surface area contributed by atoms with Crippen molar-refractivity contribution < 1.29 is 40.2 Å². The second-order valence-corrected chi connectivity index (χ2v) is 10.9. The molecule has 0 radical (unpaired) electrons. The molecule has 0 saturated heterocycles. The van der Waals surface area contributed by atoms with Crippen molar-refractivity contribution in [3.05, 3.63) is 91.7 Å². The van der Waals surface area contributed by atoms with Crippen LogP contribution < -0.4 is 0 Å². The van der Waals surface area contributed by atoms with E-state index in [1.54, 1.807) is 13.8 Å². The average Bonchev–Trinajstić information content (AvgIpc) is 2.82. The van der Waals surface area contributed by atoms with Gasteiger partial charge in [-0.1, -0.05) is 0 Å². The van der Waals surface area contributed by atoms with E-state index in [4.69, 9.17) is 0 Å². The number of aromatic hydroxyl groups is 3. The van der Waals surface area contributed by atoms with Gasteiger partial charge in [0.25, 0.3) is 0 Å². The lowest BCUT2D eigenvalue weighted by atomic mass is 9.48. The second kappa shape index (κ2) is 6.22. The van der Waals surface area contributed by atoms with Crippen molar-refractivity contribution in [3.8, 4) is 17.2 Å². The molecular formula is C30H20O8. The van der Waals surface area contributed by atoms with E-state index < -0.39 is 46.7 Å². The molecule has 4 unspecified atom stereocenters. The quantitative estimate of drug-likeness (QED) is 0.260. The zero-order chi connectivity index (χ0) is 26.7. The predicted molar refractivity (Wildman–Crippen MR) is 135 cm³/mol. The number of hydrogen-bond donors (Lipinski definition) is 6. The van der Waals surface area contributed by atoms with Crippen molar-refractivity contribution in [1.82, 2.24) is 0 Å². The fourth-order valence-corrected chi connectivity index (χ4v) is 7.97. The van der Waals surface area contributed by atoms with Crippen molar-refractivity contribution >= 4 is 28.3 Å². The summed E-state index contributed by atoms with van der Waals surface area (Å²) in [5.41, 5.74) is 4.59. The number of aliphatic hydroxyl groups excluding tert-OH is 3. The average molecular weight is 508 g/mol. The van der Waals surface area contributed by atoms with Gasteiger partial charge >= 0.3 is 0 Å². The van der Waals surface area contributed by atoms with Gasteiger partial charge in [0, 0.05) is 46.2 Å². The minimum absolute atomic E-state index is 0.00212. The minimum atomic E-state index is -1.15. The number of aliphatic hydroxyl groups is 3. The molecule has 2 aromatic carbocycles. The third kappa shape index (κ3) is 2.02. The monoisotopic (exact) mass is 508 g/mol. The molecule has 6 aliphatic carbocycles. The Morgan fingerprint density at radius 1 is 0.605 bits per heavy atom. The maximum absolute atomic E-state index is 14.0. The number of benzene rings is 2. The maximum Gasteiger partial charge on any atom is 0.201 e. The molecule has 8 nitrogen and oxygen atoms in total. The summed E-state index contributed by atoms with van der Waals surface area (Å²) in [6.45, 7) is 3.59. The van der Waals surface area contributed by atoms with Crippen LogP contribution in [0.4, 0.5) is 0 Å². The molecule has 38 heavy (non-hydrogen) atoms. The van der Waals surface area contributed by atoms with E-state index in [2.05, 4.69) is 0 Å². The zero-order valence-electron chi connectivity index (χ0n) is 20.1. The van der Waals surface area contributed by atoms with E-state index in [0.717, 1.165) is 17.7 Å². The Hall–Kier alpha value is -4.72. The van der Waals surface area contributed by atoms with E-state index in [-0.39, 0.29) is 50.9 Å². The van der Waals surface area contributed by atoms with E-state index in [1.165, 1.54) is 12.1 Å². The Labute approximate surface area is 215 Å². The molecule has 8 heteroatoms. The highest BCUT2D eigenvalue weighted by Gasteiger charge is 2.61. The summed E-state index contributed by atoms with van der Waals surface area (Å²) < 4.78 is 0. The normalized spacial score (nSPS) is 27.4. The number of carbonyl (C=O) groups excluding carboxylic acids is 2. The van der Waals surface area contributed by atoms with E-state index in [1.807, 2.05) is 0 Å². The molecule has 6 aliphatic rings. The van der Waals surface area contributed by atoms with Gasteiger partial charge in [0.2, 0.25) is 5.78 Å². The Kier molecular flexibility index (Phi) is 3.50. The summed E-state index contributed by atoms with van der Waals surface area (Å²) in [6.07, 6.45) is 2.59. The van der Waals surface area contributed by atoms with Gasteiger partial charge in [-0.3, -0.25) is 9.59 Å². The Morgan fingerprint density at radius 3 is 1.84 bits per heavy atom. The lowest BCUT2D eigenvalue weighted by Gasteiger charge is -2.53. The number of hydrogen-bond acceptors (Lipinski definition) is 8. The summed E-state index contributed by atoms with van der Waals surface area (Å²) in [5.74, 6) is -6.80. The number of fused-ring (bicyclic) bond motifs is 2. The van der Waals surface area contributed by atoms with Crippen LogP contribution in [-0.2, 0) is 4.79 Å². The number of allylic oxidation sites excluding steroid dienone is 8. The van der Waals surface area contributed by atoms with Gasteiger partial charge in [0.1, 0.15) is 34.5 Å². The topological polar surface area (TPSA) is 156 Å². The predicted octanol–water partition coefficient (Wildman–Crippen LogP) is 4.49. The number of ketones is 2. The molecule has 8 rings (SSSR count). The van der Waals surface area contributed by atoms with Crippen LogP contribution in [-0.4, -0.2) is 42.2 Å². The third-order valence-corrected chi connectivity index (χ3v) is 9.13. The third-order valence-electron chi connectivity index (χ3n) is 9.13. The van der Waals surface area contributed by atoms with Crippen LogP contribution in [0.25, 0.3) is 16.7 Å². The number of rotatable bonds is 0. The Morgan fingerprint density at radius 2 is 1.16 bits per heavy atom. The molecule has 0 heterocycles. The summed E-state index contributed by atoms with van der Waals surface area (Å²) in [4.78, 5) is 27.9. The van der Waals surface area contributed by atoms with Gasteiger partial charge in [0.05, 0.1) is 23.0 Å². The molecule has 4 atom stereocenters. The van der Waals surface area contributed by atoms with Gasteiger partial charge in [-0.15, -0.1) is 0 Å². The number of phenols is 3. The molecule has 2 aromatic rings. The highest BCUT2D eigenvalue weighted by atomic mass is 16.3. The molecule has 1 fully saturated rings. The minimum Gasteiger partial charge on any atom is -0.512 e. The maximum atomic E-state index is 14.0. The fourth-order valence-electron chi connectivity index (χ4n) is 7.97. The van der Waals surface area contributed by atoms with Crippen molar-refractivity contribution in [3.63, 3.8) is 0 Å². The van der Waals surface area contributed by atoms with Crippen molar-refractivity contribution in [2.75, 3.05) is 0 Å². The molecule has 0 aliphatic heterocycles. The van der Waals surface area contributed by atoms with Crippen LogP contribution in [0.1, 0.15) is 50.7 Å². The molecule has 188 valence electrons.